The molecule has 30 heavy (non-hydrogen) atoms. The molecule has 0 unspecified atom stereocenters. The largest absolute Gasteiger partial charge is 0.388 e. The van der Waals surface area contributed by atoms with Crippen LogP contribution in [0.3, 0.4) is 0 Å². The van der Waals surface area contributed by atoms with Crippen molar-refractivity contribution in [1.82, 2.24) is 9.97 Å². The Balaban J connectivity index is 1.74. The summed E-state index contributed by atoms with van der Waals surface area (Å²) in [5.41, 5.74) is 3.12. The smallest absolute Gasteiger partial charge is 0.161 e. The number of morpholine rings is 1. The van der Waals surface area contributed by atoms with Crippen LogP contribution in [0.4, 0.5) is 11.5 Å². The molecule has 6 heteroatoms. The van der Waals surface area contributed by atoms with Crippen molar-refractivity contribution >= 4 is 23.3 Å². The molecule has 0 spiro atoms. The predicted molar refractivity (Wildman–Crippen MR) is 125 cm³/mol. The quantitative estimate of drug-likeness (QED) is 0.563. The number of nitrogens with zero attached hydrogens (tertiary/aromatic N) is 3. The molecule has 0 aliphatic carbocycles. The molecule has 0 saturated carbocycles. The topological polar surface area (TPSA) is 50.3 Å². The number of hydrogen-bond acceptors (Lipinski definition) is 6. The van der Waals surface area contributed by atoms with Crippen LogP contribution in [0, 0.1) is 0 Å². The second kappa shape index (κ2) is 9.06. The Hall–Kier alpha value is -2.57. The van der Waals surface area contributed by atoms with Crippen molar-refractivity contribution in [3.05, 3.63) is 66.4 Å². The van der Waals surface area contributed by atoms with E-state index in [1.54, 1.807) is 0 Å². The van der Waals surface area contributed by atoms with Gasteiger partial charge in [0.2, 0.25) is 0 Å². The molecule has 0 atom stereocenters. The zero-order valence-electron chi connectivity index (χ0n) is 17.8. The van der Waals surface area contributed by atoms with Gasteiger partial charge < -0.3 is 15.0 Å². The van der Waals surface area contributed by atoms with E-state index >= 15 is 0 Å². The van der Waals surface area contributed by atoms with E-state index < -0.39 is 0 Å². The third kappa shape index (κ3) is 4.77. The molecule has 0 bridgehead atoms. The maximum Gasteiger partial charge on any atom is 0.161 e. The molecule has 0 amide bonds. The zero-order chi connectivity index (χ0) is 21.0. The van der Waals surface area contributed by atoms with Crippen molar-refractivity contribution in [3.8, 4) is 11.4 Å². The molecule has 2 heterocycles. The van der Waals surface area contributed by atoms with Gasteiger partial charge >= 0.3 is 0 Å². The van der Waals surface area contributed by atoms with Gasteiger partial charge in [-0.1, -0.05) is 18.2 Å². The fourth-order valence-electron chi connectivity index (χ4n) is 3.45. The summed E-state index contributed by atoms with van der Waals surface area (Å²) in [6, 6.07) is 20.9. The minimum Gasteiger partial charge on any atom is -0.388 e. The van der Waals surface area contributed by atoms with Gasteiger partial charge in [-0.25, -0.2) is 9.97 Å². The molecular formula is C24H28N4OS. The van der Waals surface area contributed by atoms with Crippen molar-refractivity contribution in [3.63, 3.8) is 0 Å². The first-order chi connectivity index (χ1) is 14.5. The molecule has 1 aromatic heterocycles. The number of thioether (sulfide) groups is 1. The van der Waals surface area contributed by atoms with Crippen molar-refractivity contribution < 1.29 is 4.74 Å². The summed E-state index contributed by atoms with van der Waals surface area (Å²) in [4.78, 5) is 13.5. The lowest BCUT2D eigenvalue weighted by atomic mass is 10.1. The average molecular weight is 421 g/mol. The van der Waals surface area contributed by atoms with Gasteiger partial charge in [-0.15, -0.1) is 11.8 Å². The summed E-state index contributed by atoms with van der Waals surface area (Å²) < 4.78 is 5.34. The highest BCUT2D eigenvalue weighted by Gasteiger charge is 2.27. The molecule has 2 aromatic carbocycles. The van der Waals surface area contributed by atoms with Crippen LogP contribution in [-0.2, 0) is 9.48 Å². The third-order valence-electron chi connectivity index (χ3n) is 5.21. The zero-order valence-corrected chi connectivity index (χ0v) is 18.6. The second-order valence-electron chi connectivity index (χ2n) is 7.79. The minimum atomic E-state index is -0.203. The molecule has 3 aromatic rings. The standard InChI is InChI=1S/C24H28N4OS/c1-24(2,30-20-7-5-4-6-8-20)21-17-22(28-13-15-29-16-14-28)27-23(26-21)18-9-11-19(25-3)12-10-18/h4-12,17,25H,13-16H2,1-3H3. The predicted octanol–water partition coefficient (Wildman–Crippen LogP) is 5.05. The molecule has 1 saturated heterocycles. The lowest BCUT2D eigenvalue weighted by molar-refractivity contribution is 0.122. The molecule has 1 fully saturated rings. The summed E-state index contributed by atoms with van der Waals surface area (Å²) in [6.45, 7) is 7.61. The van der Waals surface area contributed by atoms with Crippen molar-refractivity contribution in [2.24, 2.45) is 0 Å². The normalized spacial score (nSPS) is 14.6. The van der Waals surface area contributed by atoms with Crippen LogP contribution < -0.4 is 10.2 Å². The Morgan fingerprint density at radius 2 is 1.67 bits per heavy atom. The van der Waals surface area contributed by atoms with Gasteiger partial charge in [0, 0.05) is 42.3 Å². The number of hydrogen-bond donors (Lipinski definition) is 1. The van der Waals surface area contributed by atoms with Crippen LogP contribution in [0.15, 0.2) is 65.6 Å². The highest BCUT2D eigenvalue weighted by Crippen LogP contribution is 2.41. The van der Waals surface area contributed by atoms with E-state index in [2.05, 4.69) is 78.7 Å². The third-order valence-corrected chi connectivity index (χ3v) is 6.44. The first-order valence-electron chi connectivity index (χ1n) is 10.3. The number of anilines is 2. The average Bonchev–Trinajstić information content (AvgIpc) is 2.80. The number of aromatic nitrogens is 2. The lowest BCUT2D eigenvalue weighted by Crippen LogP contribution is -2.37. The fraction of sp³-hybridized carbons (Fsp3) is 0.333. The summed E-state index contributed by atoms with van der Waals surface area (Å²) in [6.07, 6.45) is 0. The first-order valence-corrected chi connectivity index (χ1v) is 11.1. The SMILES string of the molecule is CNc1ccc(-c2nc(N3CCOCC3)cc(C(C)(C)Sc3ccccc3)n2)cc1. The van der Waals surface area contributed by atoms with Crippen LogP contribution >= 0.6 is 11.8 Å². The maximum atomic E-state index is 5.54. The van der Waals surface area contributed by atoms with Crippen LogP contribution in [0.1, 0.15) is 19.5 Å². The highest BCUT2D eigenvalue weighted by molar-refractivity contribution is 8.00. The number of nitrogens with one attached hydrogen (secondary N) is 1. The summed E-state index contributed by atoms with van der Waals surface area (Å²) in [5.74, 6) is 1.73. The van der Waals surface area contributed by atoms with Gasteiger partial charge in [-0.2, -0.15) is 0 Å². The first kappa shape index (κ1) is 20.7. The summed E-state index contributed by atoms with van der Waals surface area (Å²) in [5, 5.41) is 3.17. The van der Waals surface area contributed by atoms with E-state index in [1.807, 2.05) is 24.9 Å². The molecule has 1 aliphatic heterocycles. The number of ether oxygens (including phenoxy) is 1. The van der Waals surface area contributed by atoms with Crippen LogP contribution in [-0.4, -0.2) is 43.3 Å². The van der Waals surface area contributed by atoms with Gasteiger partial charge in [0.25, 0.3) is 0 Å². The Morgan fingerprint density at radius 1 is 0.967 bits per heavy atom. The van der Waals surface area contributed by atoms with E-state index in [4.69, 9.17) is 14.7 Å². The Morgan fingerprint density at radius 3 is 2.33 bits per heavy atom. The molecule has 5 nitrogen and oxygen atoms in total. The minimum absolute atomic E-state index is 0.203. The molecule has 0 radical (unpaired) electrons. The molecular weight excluding hydrogens is 392 g/mol. The van der Waals surface area contributed by atoms with E-state index in [-0.39, 0.29) is 4.75 Å². The van der Waals surface area contributed by atoms with E-state index in [1.165, 1.54) is 4.90 Å². The Bertz CT molecular complexity index is 970. The summed E-state index contributed by atoms with van der Waals surface area (Å²) >= 11 is 1.82. The van der Waals surface area contributed by atoms with E-state index in [0.29, 0.717) is 0 Å². The monoisotopic (exact) mass is 420 g/mol. The molecule has 1 aliphatic rings. The molecule has 1 N–H and O–H groups in total. The van der Waals surface area contributed by atoms with E-state index in [9.17, 15) is 0 Å². The van der Waals surface area contributed by atoms with Gasteiger partial charge in [0.05, 0.1) is 23.7 Å². The van der Waals surface area contributed by atoms with Gasteiger partial charge in [0.15, 0.2) is 5.82 Å². The van der Waals surface area contributed by atoms with Gasteiger partial charge in [-0.3, -0.25) is 0 Å². The van der Waals surface area contributed by atoms with Gasteiger partial charge in [0.1, 0.15) is 5.82 Å². The Kier molecular flexibility index (Phi) is 6.25. The highest BCUT2D eigenvalue weighted by atomic mass is 32.2. The summed E-state index contributed by atoms with van der Waals surface area (Å²) in [7, 11) is 1.92. The second-order valence-corrected chi connectivity index (χ2v) is 9.48. The van der Waals surface area contributed by atoms with E-state index in [0.717, 1.165) is 54.9 Å². The van der Waals surface area contributed by atoms with Crippen LogP contribution in [0.2, 0.25) is 0 Å². The Labute approximate surface area is 182 Å². The van der Waals surface area contributed by atoms with Crippen molar-refractivity contribution in [1.29, 1.82) is 0 Å². The van der Waals surface area contributed by atoms with Crippen LogP contribution in [0.25, 0.3) is 11.4 Å². The van der Waals surface area contributed by atoms with Gasteiger partial charge in [-0.05, 0) is 50.2 Å². The van der Waals surface area contributed by atoms with Crippen LogP contribution in [0.5, 0.6) is 0 Å². The van der Waals surface area contributed by atoms with Crippen molar-refractivity contribution in [2.45, 2.75) is 23.5 Å². The fourth-order valence-corrected chi connectivity index (χ4v) is 4.54. The lowest BCUT2D eigenvalue weighted by Gasteiger charge is -2.30. The molecule has 156 valence electrons. The number of benzene rings is 2. The maximum absolute atomic E-state index is 5.54. The molecule has 4 rings (SSSR count). The number of rotatable bonds is 6. The van der Waals surface area contributed by atoms with Crippen molar-refractivity contribution in [2.75, 3.05) is 43.6 Å².